The van der Waals surface area contributed by atoms with Crippen LogP contribution >= 0.6 is 0 Å². The number of ether oxygens (including phenoxy) is 1. The molecule has 2 aromatic rings. The molecule has 0 heterocycles. The zero-order valence-corrected chi connectivity index (χ0v) is 15.7. The van der Waals surface area contributed by atoms with Crippen LogP contribution in [0.5, 0.6) is 0 Å². The van der Waals surface area contributed by atoms with E-state index >= 15 is 0 Å². The number of non-ortho nitro benzene ring substituents is 1. The number of rotatable bonds is 7. The van der Waals surface area contributed by atoms with Gasteiger partial charge < -0.3 is 15.0 Å². The maximum atomic E-state index is 12.9. The van der Waals surface area contributed by atoms with Crippen LogP contribution in [-0.4, -0.2) is 47.8 Å². The molecule has 0 aliphatic carbocycles. The summed E-state index contributed by atoms with van der Waals surface area (Å²) in [6.07, 6.45) is 0. The predicted molar refractivity (Wildman–Crippen MR) is 101 cm³/mol. The van der Waals surface area contributed by atoms with Crippen molar-refractivity contribution in [3.8, 4) is 0 Å². The molecule has 0 fully saturated rings. The van der Waals surface area contributed by atoms with Crippen LogP contribution in [0.25, 0.3) is 0 Å². The van der Waals surface area contributed by atoms with Crippen molar-refractivity contribution < 1.29 is 28.4 Å². The second-order valence-electron chi connectivity index (χ2n) is 5.96. The molecule has 0 aromatic heterocycles. The highest BCUT2D eigenvalue weighted by Gasteiger charge is 2.21. The normalized spacial score (nSPS) is 10.2. The lowest BCUT2D eigenvalue weighted by atomic mass is 10.1. The lowest BCUT2D eigenvalue weighted by Crippen LogP contribution is -2.35. The predicted octanol–water partition coefficient (Wildman–Crippen LogP) is 2.62. The number of amides is 2. The molecular formula is C19H18FN3O6. The van der Waals surface area contributed by atoms with Crippen molar-refractivity contribution in [3.63, 3.8) is 0 Å². The van der Waals surface area contributed by atoms with Gasteiger partial charge in [0.25, 0.3) is 11.6 Å². The molecule has 2 aromatic carbocycles. The Kier molecular flexibility index (Phi) is 6.96. The number of halogens is 1. The van der Waals surface area contributed by atoms with Gasteiger partial charge in [-0.25, -0.2) is 9.18 Å². The van der Waals surface area contributed by atoms with E-state index in [0.29, 0.717) is 5.69 Å². The number of hydrogen-bond acceptors (Lipinski definition) is 6. The summed E-state index contributed by atoms with van der Waals surface area (Å²) < 4.78 is 17.7. The first-order valence-corrected chi connectivity index (χ1v) is 8.48. The number of likely N-dealkylation sites (N-methyl/N-ethyl adjacent to an activating group) is 1. The third kappa shape index (κ3) is 5.83. The Morgan fingerprint density at radius 1 is 1.14 bits per heavy atom. The molecule has 0 aliphatic rings. The first kappa shape index (κ1) is 21.5. The number of carbonyl (C=O) groups excluding carboxylic acids is 3. The van der Waals surface area contributed by atoms with E-state index in [1.54, 1.807) is 6.92 Å². The highest BCUT2D eigenvalue weighted by molar-refractivity contribution is 6.01. The van der Waals surface area contributed by atoms with Crippen LogP contribution in [0.15, 0.2) is 42.5 Å². The van der Waals surface area contributed by atoms with E-state index in [2.05, 4.69) is 5.32 Å². The average Bonchev–Trinajstić information content (AvgIpc) is 2.68. The number of nitro groups is 1. The number of benzene rings is 2. The SMILES string of the molecule is CCOC(=O)c1cc(C(=O)N(C)CC(=O)Nc2ccc(F)cc2)cc([N+](=O)[O-])c1. The van der Waals surface area contributed by atoms with E-state index in [-0.39, 0.29) is 24.3 Å². The maximum absolute atomic E-state index is 12.9. The Morgan fingerprint density at radius 2 is 1.76 bits per heavy atom. The first-order valence-electron chi connectivity index (χ1n) is 8.48. The Morgan fingerprint density at radius 3 is 2.34 bits per heavy atom. The zero-order chi connectivity index (χ0) is 21.6. The van der Waals surface area contributed by atoms with Crippen molar-refractivity contribution in [2.45, 2.75) is 6.92 Å². The Labute approximate surface area is 165 Å². The van der Waals surface area contributed by atoms with Gasteiger partial charge in [0.05, 0.1) is 23.6 Å². The van der Waals surface area contributed by atoms with Crippen molar-refractivity contribution in [1.82, 2.24) is 4.90 Å². The maximum Gasteiger partial charge on any atom is 0.338 e. The third-order valence-corrected chi connectivity index (χ3v) is 3.74. The van der Waals surface area contributed by atoms with E-state index in [0.717, 1.165) is 17.0 Å². The van der Waals surface area contributed by atoms with Crippen molar-refractivity contribution in [2.24, 2.45) is 0 Å². The molecule has 2 rings (SSSR count). The van der Waals surface area contributed by atoms with Gasteiger partial charge in [0.2, 0.25) is 5.91 Å². The second kappa shape index (κ2) is 9.40. The molecule has 0 radical (unpaired) electrons. The Balaban J connectivity index is 2.16. The number of anilines is 1. The summed E-state index contributed by atoms with van der Waals surface area (Å²) in [6.45, 7) is 1.27. The van der Waals surface area contributed by atoms with Gasteiger partial charge in [0.1, 0.15) is 5.82 Å². The number of esters is 1. The summed E-state index contributed by atoms with van der Waals surface area (Å²) in [4.78, 5) is 48.0. The molecule has 152 valence electrons. The fraction of sp³-hybridized carbons (Fsp3) is 0.211. The van der Waals surface area contributed by atoms with Gasteiger partial charge in [-0.15, -0.1) is 0 Å². The van der Waals surface area contributed by atoms with E-state index in [4.69, 9.17) is 4.74 Å². The molecule has 1 N–H and O–H groups in total. The van der Waals surface area contributed by atoms with Crippen molar-refractivity contribution in [2.75, 3.05) is 25.5 Å². The van der Waals surface area contributed by atoms with Crippen LogP contribution < -0.4 is 5.32 Å². The van der Waals surface area contributed by atoms with Gasteiger partial charge in [0, 0.05) is 30.4 Å². The van der Waals surface area contributed by atoms with E-state index < -0.39 is 34.2 Å². The molecule has 0 atom stereocenters. The number of carbonyl (C=O) groups is 3. The Hall–Kier alpha value is -3.82. The lowest BCUT2D eigenvalue weighted by Gasteiger charge is -2.17. The molecule has 0 saturated carbocycles. The molecule has 9 nitrogen and oxygen atoms in total. The molecule has 2 amide bonds. The van der Waals surface area contributed by atoms with Crippen LogP contribution in [0.2, 0.25) is 0 Å². The van der Waals surface area contributed by atoms with Gasteiger partial charge in [0.15, 0.2) is 0 Å². The summed E-state index contributed by atoms with van der Waals surface area (Å²) in [7, 11) is 1.33. The molecule has 0 spiro atoms. The lowest BCUT2D eigenvalue weighted by molar-refractivity contribution is -0.384. The number of nitro benzene ring substituents is 1. The summed E-state index contributed by atoms with van der Waals surface area (Å²) >= 11 is 0. The summed E-state index contributed by atoms with van der Waals surface area (Å²) in [5.74, 6) is -2.52. The topological polar surface area (TPSA) is 119 Å². The highest BCUT2D eigenvalue weighted by atomic mass is 19.1. The van der Waals surface area contributed by atoms with Crippen molar-refractivity contribution in [3.05, 3.63) is 69.5 Å². The van der Waals surface area contributed by atoms with Gasteiger partial charge in [-0.1, -0.05) is 0 Å². The summed E-state index contributed by atoms with van der Waals surface area (Å²) in [5, 5.41) is 13.6. The van der Waals surface area contributed by atoms with Gasteiger partial charge in [-0.2, -0.15) is 0 Å². The minimum Gasteiger partial charge on any atom is -0.462 e. The Bertz CT molecular complexity index is 945. The zero-order valence-electron chi connectivity index (χ0n) is 15.7. The summed E-state index contributed by atoms with van der Waals surface area (Å²) in [5.41, 5.74) is -0.395. The summed E-state index contributed by atoms with van der Waals surface area (Å²) in [6, 6.07) is 8.26. The largest absolute Gasteiger partial charge is 0.462 e. The minimum atomic E-state index is -0.804. The van der Waals surface area contributed by atoms with Crippen molar-refractivity contribution >= 4 is 29.2 Å². The molecule has 10 heteroatoms. The van der Waals surface area contributed by atoms with Gasteiger partial charge >= 0.3 is 5.97 Å². The molecule has 0 unspecified atom stereocenters. The van der Waals surface area contributed by atoms with Gasteiger partial charge in [-0.3, -0.25) is 19.7 Å². The van der Waals surface area contributed by atoms with E-state index in [1.165, 1.54) is 37.4 Å². The highest BCUT2D eigenvalue weighted by Crippen LogP contribution is 2.19. The smallest absolute Gasteiger partial charge is 0.338 e. The average molecular weight is 403 g/mol. The van der Waals surface area contributed by atoms with Crippen molar-refractivity contribution in [1.29, 1.82) is 0 Å². The van der Waals surface area contributed by atoms with Crippen LogP contribution in [0, 0.1) is 15.9 Å². The number of nitrogens with one attached hydrogen (secondary N) is 1. The number of nitrogens with zero attached hydrogens (tertiary/aromatic N) is 2. The number of hydrogen-bond donors (Lipinski definition) is 1. The molecule has 29 heavy (non-hydrogen) atoms. The first-order chi connectivity index (χ1) is 13.7. The van der Waals surface area contributed by atoms with Crippen LogP contribution in [0.1, 0.15) is 27.6 Å². The van der Waals surface area contributed by atoms with Gasteiger partial charge in [-0.05, 0) is 37.3 Å². The molecular weight excluding hydrogens is 385 g/mol. The van der Waals surface area contributed by atoms with Crippen LogP contribution in [0.3, 0.4) is 0 Å². The monoisotopic (exact) mass is 403 g/mol. The molecule has 0 aliphatic heterocycles. The fourth-order valence-corrected chi connectivity index (χ4v) is 2.41. The van der Waals surface area contributed by atoms with E-state index in [1.807, 2.05) is 0 Å². The fourth-order valence-electron chi connectivity index (χ4n) is 2.41. The van der Waals surface area contributed by atoms with Crippen LogP contribution in [-0.2, 0) is 9.53 Å². The quantitative estimate of drug-likeness (QED) is 0.431. The molecule has 0 bridgehead atoms. The standard InChI is InChI=1S/C19H18FN3O6/c1-3-29-19(26)13-8-12(9-16(10-13)23(27)28)18(25)22(2)11-17(24)21-15-6-4-14(20)5-7-15/h4-10H,3,11H2,1-2H3,(H,21,24). The third-order valence-electron chi connectivity index (χ3n) is 3.74. The second-order valence-corrected chi connectivity index (χ2v) is 5.96. The molecule has 0 saturated heterocycles. The van der Waals surface area contributed by atoms with E-state index in [9.17, 15) is 28.9 Å². The minimum absolute atomic E-state index is 0.0638. The van der Waals surface area contributed by atoms with Crippen LogP contribution in [0.4, 0.5) is 15.8 Å².